The monoisotopic (exact) mass is 285 g/mol. The maximum absolute atomic E-state index is 11.7. The first-order chi connectivity index (χ1) is 9.27. The molecule has 1 aliphatic carbocycles. The van der Waals surface area contributed by atoms with Crippen molar-refractivity contribution in [3.05, 3.63) is 0 Å². The molecule has 1 unspecified atom stereocenters. The van der Waals surface area contributed by atoms with Gasteiger partial charge in [0, 0.05) is 6.54 Å². The van der Waals surface area contributed by atoms with Crippen molar-refractivity contribution in [2.24, 2.45) is 22.8 Å². The van der Waals surface area contributed by atoms with Crippen LogP contribution in [0.4, 0.5) is 0 Å². The van der Waals surface area contributed by atoms with Gasteiger partial charge in [-0.2, -0.15) is 0 Å². The van der Waals surface area contributed by atoms with E-state index < -0.39 is 29.2 Å². The van der Waals surface area contributed by atoms with E-state index in [9.17, 15) is 19.5 Å². The summed E-state index contributed by atoms with van der Waals surface area (Å²) in [5.41, 5.74) is 9.56. The number of hydrogen-bond acceptors (Lipinski definition) is 4. The standard InChI is InChI=1S/C13H23N3O4/c1-8-2-4-13(5-3-8,12(19)20)7-16-11(18)9(14)6-10(15)17/h8-9H,2-7,14H2,1H3,(H2,15,17)(H,16,18)(H,19,20). The van der Waals surface area contributed by atoms with E-state index in [0.29, 0.717) is 18.8 Å². The smallest absolute Gasteiger partial charge is 0.311 e. The van der Waals surface area contributed by atoms with Crippen molar-refractivity contribution >= 4 is 17.8 Å². The van der Waals surface area contributed by atoms with Crippen LogP contribution < -0.4 is 16.8 Å². The minimum Gasteiger partial charge on any atom is -0.481 e. The normalized spacial score (nSPS) is 27.6. The van der Waals surface area contributed by atoms with E-state index in [4.69, 9.17) is 11.5 Å². The van der Waals surface area contributed by atoms with Gasteiger partial charge < -0.3 is 21.9 Å². The van der Waals surface area contributed by atoms with Crippen LogP contribution in [0.25, 0.3) is 0 Å². The third kappa shape index (κ3) is 4.19. The van der Waals surface area contributed by atoms with Gasteiger partial charge in [-0.1, -0.05) is 6.92 Å². The molecule has 114 valence electrons. The number of aliphatic carboxylic acids is 1. The Kier molecular flexibility index (Phi) is 5.50. The Hall–Kier alpha value is -1.63. The number of carboxylic acids is 1. The first-order valence-corrected chi connectivity index (χ1v) is 6.82. The lowest BCUT2D eigenvalue weighted by atomic mass is 9.71. The summed E-state index contributed by atoms with van der Waals surface area (Å²) >= 11 is 0. The van der Waals surface area contributed by atoms with Gasteiger partial charge in [0.2, 0.25) is 11.8 Å². The number of amides is 2. The highest BCUT2D eigenvalue weighted by atomic mass is 16.4. The third-order valence-electron chi connectivity index (χ3n) is 4.04. The molecule has 1 saturated carbocycles. The van der Waals surface area contributed by atoms with Gasteiger partial charge in [-0.05, 0) is 31.6 Å². The fourth-order valence-electron chi connectivity index (χ4n) is 2.48. The number of carbonyl (C=O) groups excluding carboxylic acids is 2. The number of carboxylic acid groups (broad SMARTS) is 1. The first-order valence-electron chi connectivity index (χ1n) is 6.82. The largest absolute Gasteiger partial charge is 0.481 e. The molecule has 1 fully saturated rings. The molecule has 0 aromatic heterocycles. The topological polar surface area (TPSA) is 136 Å². The van der Waals surface area contributed by atoms with Crippen LogP contribution in [-0.4, -0.2) is 35.5 Å². The van der Waals surface area contributed by atoms with E-state index >= 15 is 0 Å². The maximum atomic E-state index is 11.7. The van der Waals surface area contributed by atoms with Crippen LogP contribution in [0.2, 0.25) is 0 Å². The Morgan fingerprint density at radius 1 is 1.35 bits per heavy atom. The van der Waals surface area contributed by atoms with Crippen LogP contribution in [-0.2, 0) is 14.4 Å². The van der Waals surface area contributed by atoms with E-state index in [2.05, 4.69) is 12.2 Å². The zero-order valence-corrected chi connectivity index (χ0v) is 11.7. The van der Waals surface area contributed by atoms with Gasteiger partial charge in [0.15, 0.2) is 0 Å². The zero-order valence-electron chi connectivity index (χ0n) is 11.7. The average Bonchev–Trinajstić information content (AvgIpc) is 2.37. The fraction of sp³-hybridized carbons (Fsp3) is 0.769. The molecule has 7 heteroatoms. The molecule has 0 aromatic carbocycles. The third-order valence-corrected chi connectivity index (χ3v) is 4.04. The molecule has 7 nitrogen and oxygen atoms in total. The molecule has 0 aromatic rings. The van der Waals surface area contributed by atoms with Crippen LogP contribution in [0.5, 0.6) is 0 Å². The van der Waals surface area contributed by atoms with E-state index in [1.807, 2.05) is 0 Å². The predicted molar refractivity (Wildman–Crippen MR) is 72.5 cm³/mol. The summed E-state index contributed by atoms with van der Waals surface area (Å²) in [6.07, 6.45) is 2.48. The van der Waals surface area contributed by atoms with E-state index in [0.717, 1.165) is 12.8 Å². The Balaban J connectivity index is 2.58. The molecular formula is C13H23N3O4. The van der Waals surface area contributed by atoms with Crippen LogP contribution in [0, 0.1) is 11.3 Å². The SMILES string of the molecule is CC1CCC(CNC(=O)C(N)CC(N)=O)(C(=O)O)CC1. The van der Waals surface area contributed by atoms with Crippen molar-refractivity contribution in [3.8, 4) is 0 Å². The van der Waals surface area contributed by atoms with E-state index in [1.54, 1.807) is 0 Å². The molecule has 0 heterocycles. The number of nitrogens with one attached hydrogen (secondary N) is 1. The summed E-state index contributed by atoms with van der Waals surface area (Å²) in [7, 11) is 0. The number of primary amides is 1. The van der Waals surface area contributed by atoms with Gasteiger partial charge in [-0.3, -0.25) is 14.4 Å². The second kappa shape index (κ2) is 6.69. The Labute approximate surface area is 118 Å². The molecule has 20 heavy (non-hydrogen) atoms. The molecule has 0 aliphatic heterocycles. The van der Waals surface area contributed by atoms with Gasteiger partial charge in [0.25, 0.3) is 0 Å². The molecule has 6 N–H and O–H groups in total. The molecule has 0 spiro atoms. The number of hydrogen-bond donors (Lipinski definition) is 4. The van der Waals surface area contributed by atoms with Crippen molar-refractivity contribution in [1.82, 2.24) is 5.32 Å². The molecule has 1 atom stereocenters. The molecular weight excluding hydrogens is 262 g/mol. The van der Waals surface area contributed by atoms with Gasteiger partial charge in [0.05, 0.1) is 17.9 Å². The molecule has 0 radical (unpaired) electrons. The number of nitrogens with two attached hydrogens (primary N) is 2. The molecule has 0 saturated heterocycles. The predicted octanol–water partition coefficient (Wildman–Crippen LogP) is -0.414. The van der Waals surface area contributed by atoms with Crippen molar-refractivity contribution in [2.75, 3.05) is 6.54 Å². The number of carbonyl (C=O) groups is 3. The molecule has 1 aliphatic rings. The Morgan fingerprint density at radius 2 is 1.90 bits per heavy atom. The van der Waals surface area contributed by atoms with Crippen molar-refractivity contribution in [1.29, 1.82) is 0 Å². The van der Waals surface area contributed by atoms with Crippen LogP contribution in [0.3, 0.4) is 0 Å². The molecule has 0 bridgehead atoms. The zero-order chi connectivity index (χ0) is 15.3. The van der Waals surface area contributed by atoms with Crippen molar-refractivity contribution in [3.63, 3.8) is 0 Å². The highest BCUT2D eigenvalue weighted by Gasteiger charge is 2.41. The maximum Gasteiger partial charge on any atom is 0.311 e. The Morgan fingerprint density at radius 3 is 2.35 bits per heavy atom. The highest BCUT2D eigenvalue weighted by Crippen LogP contribution is 2.38. The second-order valence-corrected chi connectivity index (χ2v) is 5.76. The lowest BCUT2D eigenvalue weighted by Crippen LogP contribution is -2.50. The van der Waals surface area contributed by atoms with Crippen molar-refractivity contribution < 1.29 is 19.5 Å². The summed E-state index contributed by atoms with van der Waals surface area (Å²) in [5, 5.41) is 12.0. The Bertz CT molecular complexity index is 389. The minimum atomic E-state index is -1.03. The van der Waals surface area contributed by atoms with Gasteiger partial charge in [-0.15, -0.1) is 0 Å². The second-order valence-electron chi connectivity index (χ2n) is 5.76. The molecule has 1 rings (SSSR count). The fourth-order valence-corrected chi connectivity index (χ4v) is 2.48. The van der Waals surface area contributed by atoms with Gasteiger partial charge >= 0.3 is 5.97 Å². The lowest BCUT2D eigenvalue weighted by Gasteiger charge is -2.36. The van der Waals surface area contributed by atoms with Gasteiger partial charge in [0.1, 0.15) is 0 Å². The van der Waals surface area contributed by atoms with Crippen LogP contribution in [0.15, 0.2) is 0 Å². The van der Waals surface area contributed by atoms with Crippen LogP contribution in [0.1, 0.15) is 39.0 Å². The minimum absolute atomic E-state index is 0.0420. The van der Waals surface area contributed by atoms with E-state index in [1.165, 1.54) is 0 Å². The summed E-state index contributed by atoms with van der Waals surface area (Å²) in [6.45, 7) is 2.13. The summed E-state index contributed by atoms with van der Waals surface area (Å²) in [5.74, 6) is -1.58. The van der Waals surface area contributed by atoms with E-state index in [-0.39, 0.29) is 13.0 Å². The lowest BCUT2D eigenvalue weighted by molar-refractivity contribution is -0.151. The average molecular weight is 285 g/mol. The highest BCUT2D eigenvalue weighted by molar-refractivity contribution is 5.88. The number of rotatable bonds is 6. The first kappa shape index (κ1) is 16.4. The summed E-state index contributed by atoms with van der Waals surface area (Å²) < 4.78 is 0. The van der Waals surface area contributed by atoms with Crippen LogP contribution >= 0.6 is 0 Å². The van der Waals surface area contributed by atoms with Crippen molar-refractivity contribution in [2.45, 2.75) is 45.1 Å². The summed E-state index contributed by atoms with van der Waals surface area (Å²) in [4.78, 5) is 33.9. The van der Waals surface area contributed by atoms with Gasteiger partial charge in [-0.25, -0.2) is 0 Å². The summed E-state index contributed by atoms with van der Waals surface area (Å²) in [6, 6.07) is -1.03. The quantitative estimate of drug-likeness (QED) is 0.526. The molecule has 2 amide bonds.